The highest BCUT2D eigenvalue weighted by Crippen LogP contribution is 2.17. The molecule has 1 aliphatic heterocycles. The van der Waals surface area contributed by atoms with E-state index in [9.17, 15) is 0 Å². The Labute approximate surface area is 74.4 Å². The average molecular weight is 166 g/mol. The lowest BCUT2D eigenvalue weighted by atomic mass is 10.2. The topological polar surface area (TPSA) is 24.1 Å². The third kappa shape index (κ3) is 2.08. The van der Waals surface area contributed by atoms with E-state index in [1.165, 1.54) is 25.7 Å². The van der Waals surface area contributed by atoms with Gasteiger partial charge in [0.2, 0.25) is 0 Å². The highest BCUT2D eigenvalue weighted by atomic mass is 14.9. The lowest BCUT2D eigenvalue weighted by Gasteiger charge is -2.11. The van der Waals surface area contributed by atoms with Crippen LogP contribution < -0.4 is 10.6 Å². The van der Waals surface area contributed by atoms with E-state index in [2.05, 4.69) is 16.7 Å². The quantitative estimate of drug-likeness (QED) is 0.612. The van der Waals surface area contributed by atoms with Crippen LogP contribution in [0.15, 0.2) is 11.6 Å². The zero-order chi connectivity index (χ0) is 8.23. The van der Waals surface area contributed by atoms with Crippen molar-refractivity contribution in [3.63, 3.8) is 0 Å². The fourth-order valence-corrected chi connectivity index (χ4v) is 2.06. The maximum absolute atomic E-state index is 3.62. The highest BCUT2D eigenvalue weighted by molar-refractivity contribution is 5.12. The Morgan fingerprint density at radius 3 is 2.92 bits per heavy atom. The van der Waals surface area contributed by atoms with Gasteiger partial charge >= 0.3 is 0 Å². The van der Waals surface area contributed by atoms with E-state index >= 15 is 0 Å². The number of hydrogen-bond donors (Lipinski definition) is 2. The smallest absolute Gasteiger partial charge is 0.0180 e. The number of hydrogen-bond acceptors (Lipinski definition) is 2. The Morgan fingerprint density at radius 2 is 2.25 bits per heavy atom. The van der Waals surface area contributed by atoms with Crippen LogP contribution in [0.4, 0.5) is 0 Å². The second kappa shape index (κ2) is 4.06. The van der Waals surface area contributed by atoms with Crippen molar-refractivity contribution in [2.24, 2.45) is 0 Å². The summed E-state index contributed by atoms with van der Waals surface area (Å²) in [5.74, 6) is 0. The van der Waals surface area contributed by atoms with Gasteiger partial charge in [0.1, 0.15) is 0 Å². The number of nitrogens with one attached hydrogen (secondary N) is 2. The molecule has 2 heteroatoms. The molecule has 0 unspecified atom stereocenters. The van der Waals surface area contributed by atoms with Gasteiger partial charge in [-0.25, -0.2) is 0 Å². The first-order valence-corrected chi connectivity index (χ1v) is 5.07. The molecule has 68 valence electrons. The van der Waals surface area contributed by atoms with Crippen LogP contribution in [0, 0.1) is 0 Å². The summed E-state index contributed by atoms with van der Waals surface area (Å²) in [6.45, 7) is 3.28. The van der Waals surface area contributed by atoms with Gasteiger partial charge in [0.05, 0.1) is 0 Å². The minimum atomic E-state index is 0.812. The summed E-state index contributed by atoms with van der Waals surface area (Å²) >= 11 is 0. The summed E-state index contributed by atoms with van der Waals surface area (Å²) in [6, 6.07) is 0.812. The van der Waals surface area contributed by atoms with Gasteiger partial charge in [0.25, 0.3) is 0 Å². The van der Waals surface area contributed by atoms with Gasteiger partial charge in [-0.05, 0) is 18.4 Å². The standard InChI is InChI=1S/C10H18N2/c1-2-4-10(3-1)12-8-9-5-6-11-7-9/h5,10-12H,1-4,6-8H2. The first-order valence-electron chi connectivity index (χ1n) is 5.07. The monoisotopic (exact) mass is 166 g/mol. The SMILES string of the molecule is C1=C(CNC2CCCC2)CNC1. The van der Waals surface area contributed by atoms with Crippen molar-refractivity contribution in [2.75, 3.05) is 19.6 Å². The zero-order valence-corrected chi connectivity index (χ0v) is 7.60. The van der Waals surface area contributed by atoms with Gasteiger partial charge in [-0.3, -0.25) is 0 Å². The van der Waals surface area contributed by atoms with Crippen molar-refractivity contribution in [3.05, 3.63) is 11.6 Å². The highest BCUT2D eigenvalue weighted by Gasteiger charge is 2.14. The van der Waals surface area contributed by atoms with Crippen molar-refractivity contribution < 1.29 is 0 Å². The van der Waals surface area contributed by atoms with Gasteiger partial charge in [0, 0.05) is 25.7 Å². The molecule has 2 aliphatic rings. The predicted molar refractivity (Wildman–Crippen MR) is 51.2 cm³/mol. The fourth-order valence-electron chi connectivity index (χ4n) is 2.06. The molecule has 2 N–H and O–H groups in total. The molecule has 0 aromatic rings. The summed E-state index contributed by atoms with van der Waals surface area (Å²) in [5, 5.41) is 6.93. The minimum Gasteiger partial charge on any atom is -0.310 e. The normalized spacial score (nSPS) is 24.8. The van der Waals surface area contributed by atoms with Crippen LogP contribution in [0.5, 0.6) is 0 Å². The van der Waals surface area contributed by atoms with Crippen LogP contribution >= 0.6 is 0 Å². The molecule has 0 atom stereocenters. The van der Waals surface area contributed by atoms with Crippen LogP contribution in [0.1, 0.15) is 25.7 Å². The first kappa shape index (κ1) is 8.27. The van der Waals surface area contributed by atoms with Gasteiger partial charge in [-0.1, -0.05) is 18.9 Å². The van der Waals surface area contributed by atoms with E-state index in [0.717, 1.165) is 25.7 Å². The van der Waals surface area contributed by atoms with Crippen molar-refractivity contribution in [1.29, 1.82) is 0 Å². The van der Waals surface area contributed by atoms with Crippen LogP contribution in [-0.4, -0.2) is 25.7 Å². The van der Waals surface area contributed by atoms with Gasteiger partial charge in [-0.2, -0.15) is 0 Å². The summed E-state index contributed by atoms with van der Waals surface area (Å²) in [6.07, 6.45) is 7.94. The van der Waals surface area contributed by atoms with Gasteiger partial charge in [0.15, 0.2) is 0 Å². The molecule has 1 fully saturated rings. The summed E-state index contributed by atoms with van der Waals surface area (Å²) in [7, 11) is 0. The Bertz CT molecular complexity index is 169. The molecule has 12 heavy (non-hydrogen) atoms. The summed E-state index contributed by atoms with van der Waals surface area (Å²) in [5.41, 5.74) is 1.54. The second-order valence-corrected chi connectivity index (χ2v) is 3.86. The lowest BCUT2D eigenvalue weighted by molar-refractivity contribution is 0.547. The maximum atomic E-state index is 3.62. The molecule has 0 aromatic carbocycles. The minimum absolute atomic E-state index is 0.812. The average Bonchev–Trinajstić information content (AvgIpc) is 2.74. The van der Waals surface area contributed by atoms with E-state index in [1.807, 2.05) is 0 Å². The molecule has 0 radical (unpaired) electrons. The van der Waals surface area contributed by atoms with Crippen LogP contribution in [0.25, 0.3) is 0 Å². The van der Waals surface area contributed by atoms with Crippen molar-refractivity contribution >= 4 is 0 Å². The molecule has 0 aromatic heterocycles. The van der Waals surface area contributed by atoms with Gasteiger partial charge < -0.3 is 10.6 Å². The van der Waals surface area contributed by atoms with E-state index in [4.69, 9.17) is 0 Å². The second-order valence-electron chi connectivity index (χ2n) is 3.86. The maximum Gasteiger partial charge on any atom is 0.0180 e. The molecular weight excluding hydrogens is 148 g/mol. The molecule has 0 amide bonds. The van der Waals surface area contributed by atoms with Crippen LogP contribution in [0.3, 0.4) is 0 Å². The molecule has 0 spiro atoms. The molecular formula is C10H18N2. The van der Waals surface area contributed by atoms with E-state index in [1.54, 1.807) is 5.57 Å². The van der Waals surface area contributed by atoms with Crippen molar-refractivity contribution in [1.82, 2.24) is 10.6 Å². The fraction of sp³-hybridized carbons (Fsp3) is 0.800. The molecule has 1 heterocycles. The first-order chi connectivity index (χ1) is 5.95. The molecule has 0 bridgehead atoms. The van der Waals surface area contributed by atoms with Crippen molar-refractivity contribution in [2.45, 2.75) is 31.7 Å². The molecule has 2 nitrogen and oxygen atoms in total. The third-order valence-corrected chi connectivity index (χ3v) is 2.86. The summed E-state index contributed by atoms with van der Waals surface area (Å²) < 4.78 is 0. The Kier molecular flexibility index (Phi) is 2.79. The van der Waals surface area contributed by atoms with Crippen LogP contribution in [-0.2, 0) is 0 Å². The third-order valence-electron chi connectivity index (χ3n) is 2.86. The molecule has 0 saturated heterocycles. The Hall–Kier alpha value is -0.340. The largest absolute Gasteiger partial charge is 0.310 e. The Balaban J connectivity index is 1.67. The lowest BCUT2D eigenvalue weighted by Crippen LogP contribution is -2.28. The van der Waals surface area contributed by atoms with Gasteiger partial charge in [-0.15, -0.1) is 0 Å². The molecule has 1 aliphatic carbocycles. The Morgan fingerprint density at radius 1 is 1.42 bits per heavy atom. The van der Waals surface area contributed by atoms with E-state index in [-0.39, 0.29) is 0 Å². The van der Waals surface area contributed by atoms with Crippen molar-refractivity contribution in [3.8, 4) is 0 Å². The zero-order valence-electron chi connectivity index (χ0n) is 7.60. The van der Waals surface area contributed by atoms with E-state index < -0.39 is 0 Å². The summed E-state index contributed by atoms with van der Waals surface area (Å²) in [4.78, 5) is 0. The number of rotatable bonds is 3. The van der Waals surface area contributed by atoms with Crippen LogP contribution in [0.2, 0.25) is 0 Å². The predicted octanol–water partition coefficient (Wildman–Crippen LogP) is 1.05. The van der Waals surface area contributed by atoms with E-state index in [0.29, 0.717) is 0 Å². The molecule has 1 saturated carbocycles. The molecule has 2 rings (SSSR count).